The van der Waals surface area contributed by atoms with Crippen LogP contribution in [0.5, 0.6) is 5.75 Å². The van der Waals surface area contributed by atoms with Crippen molar-refractivity contribution >= 4 is 11.7 Å². The minimum Gasteiger partial charge on any atom is -0.494 e. The van der Waals surface area contributed by atoms with Crippen LogP contribution in [0.4, 0.5) is 14.6 Å². The number of nitrogens with one attached hydrogen (secondary N) is 1. The predicted octanol–water partition coefficient (Wildman–Crippen LogP) is 3.50. The Balaban J connectivity index is 1.80. The summed E-state index contributed by atoms with van der Waals surface area (Å²) in [5.41, 5.74) is 5.31. The number of ether oxygens (including phenoxy) is 1. The van der Waals surface area contributed by atoms with Crippen molar-refractivity contribution in [3.05, 3.63) is 65.1 Å². The first-order valence-electron chi connectivity index (χ1n) is 11.5. The number of rotatable bonds is 4. The number of fused-ring (bicyclic) bond motifs is 1. The molecule has 1 aliphatic carbocycles. The summed E-state index contributed by atoms with van der Waals surface area (Å²) in [4.78, 5) is 19.7. The van der Waals surface area contributed by atoms with Crippen molar-refractivity contribution < 1.29 is 18.3 Å². The number of piperidine rings is 1. The summed E-state index contributed by atoms with van der Waals surface area (Å²) in [6.45, 7) is 1.28. The number of halogens is 2. The van der Waals surface area contributed by atoms with E-state index in [1.165, 1.54) is 37.5 Å². The summed E-state index contributed by atoms with van der Waals surface area (Å²) in [5.74, 6) is -1.68. The Hall–Kier alpha value is -3.77. The second-order valence-corrected chi connectivity index (χ2v) is 8.99. The zero-order chi connectivity index (χ0) is 24.7. The second-order valence-electron chi connectivity index (χ2n) is 8.99. The lowest BCUT2D eigenvalue weighted by molar-refractivity contribution is 0.0965. The molecule has 180 valence electrons. The topological polar surface area (TPSA) is 104 Å². The molecule has 3 aliphatic rings. The fraction of sp³-hybridized carbons (Fsp3) is 0.346. The maximum atomic E-state index is 16.9. The third-order valence-corrected chi connectivity index (χ3v) is 6.92. The van der Waals surface area contributed by atoms with Crippen molar-refractivity contribution in [2.24, 2.45) is 11.7 Å². The van der Waals surface area contributed by atoms with Gasteiger partial charge >= 0.3 is 0 Å². The van der Waals surface area contributed by atoms with Crippen molar-refractivity contribution in [3.8, 4) is 22.9 Å². The Bertz CT molecular complexity index is 1290. The van der Waals surface area contributed by atoms with Gasteiger partial charge in [-0.1, -0.05) is 24.3 Å². The minimum atomic E-state index is -2.28. The molecular formula is C26H25F2N5O2. The average Bonchev–Trinajstić information content (AvgIpc) is 3.25. The second kappa shape index (κ2) is 8.78. The van der Waals surface area contributed by atoms with E-state index in [-0.39, 0.29) is 29.9 Å². The molecule has 7 nitrogen and oxygen atoms in total. The molecule has 1 fully saturated rings. The van der Waals surface area contributed by atoms with E-state index >= 15 is 4.39 Å². The van der Waals surface area contributed by atoms with Crippen molar-refractivity contribution in [3.63, 3.8) is 0 Å². The molecule has 2 unspecified atom stereocenters. The molecule has 2 atom stereocenters. The van der Waals surface area contributed by atoms with Gasteiger partial charge in [-0.25, -0.2) is 13.8 Å². The summed E-state index contributed by atoms with van der Waals surface area (Å²) in [7, 11) is 1.36. The quantitative estimate of drug-likeness (QED) is 0.699. The maximum absolute atomic E-state index is 16.9. The molecule has 1 aromatic carbocycles. The van der Waals surface area contributed by atoms with Crippen LogP contribution in [0.1, 0.15) is 34.5 Å². The number of carbonyl (C=O) groups is 1. The van der Waals surface area contributed by atoms with Gasteiger partial charge in [-0.15, -0.1) is 0 Å². The van der Waals surface area contributed by atoms with Crippen LogP contribution in [0.2, 0.25) is 0 Å². The predicted molar refractivity (Wildman–Crippen MR) is 127 cm³/mol. The van der Waals surface area contributed by atoms with Crippen LogP contribution in [0.15, 0.2) is 42.5 Å². The number of alkyl halides is 1. The molecular weight excluding hydrogens is 452 g/mol. The number of aromatic nitrogens is 1. The number of nitrogens with two attached hydrogens (primary N) is 1. The number of benzene rings is 1. The first kappa shape index (κ1) is 23.0. The molecule has 5 rings (SSSR count). The number of allylic oxidation sites excluding steroid dienone is 4. The lowest BCUT2D eigenvalue weighted by Crippen LogP contribution is -2.41. The smallest absolute Gasteiger partial charge is 0.255 e. The van der Waals surface area contributed by atoms with Crippen LogP contribution in [0, 0.1) is 23.1 Å². The normalized spacial score (nSPS) is 23.7. The number of anilines is 1. The fourth-order valence-electron chi connectivity index (χ4n) is 5.02. The molecule has 2 aromatic rings. The van der Waals surface area contributed by atoms with Gasteiger partial charge in [-0.3, -0.25) is 4.79 Å². The van der Waals surface area contributed by atoms with E-state index in [0.29, 0.717) is 54.0 Å². The van der Waals surface area contributed by atoms with E-state index in [0.717, 1.165) is 0 Å². The molecule has 1 amide bonds. The Kier molecular flexibility index (Phi) is 5.77. The van der Waals surface area contributed by atoms with Gasteiger partial charge in [0.2, 0.25) is 0 Å². The molecule has 35 heavy (non-hydrogen) atoms. The maximum Gasteiger partial charge on any atom is 0.255 e. The molecule has 9 heteroatoms. The van der Waals surface area contributed by atoms with E-state index in [4.69, 9.17) is 15.5 Å². The van der Waals surface area contributed by atoms with Crippen LogP contribution < -0.4 is 20.7 Å². The first-order chi connectivity index (χ1) is 16.9. The first-order valence-corrected chi connectivity index (χ1v) is 11.5. The number of nitriles is 1. The van der Waals surface area contributed by atoms with Crippen LogP contribution in [0.3, 0.4) is 0 Å². The Labute approximate surface area is 201 Å². The lowest BCUT2D eigenvalue weighted by Gasteiger charge is -2.35. The Morgan fingerprint density at radius 3 is 2.74 bits per heavy atom. The molecule has 0 saturated carbocycles. The SMILES string of the molecule is COc1ccc(-c2c(C3(F)C=CC=CC3C#N)nc(N3CCC(N)CC3)c3c2CNC3=O)cc1F. The Morgan fingerprint density at radius 1 is 1.29 bits per heavy atom. The summed E-state index contributed by atoms with van der Waals surface area (Å²) < 4.78 is 36.7. The molecule has 2 aliphatic heterocycles. The van der Waals surface area contributed by atoms with E-state index in [9.17, 15) is 14.4 Å². The van der Waals surface area contributed by atoms with Crippen molar-refractivity contribution in [1.29, 1.82) is 5.26 Å². The van der Waals surface area contributed by atoms with Gasteiger partial charge in [0.25, 0.3) is 5.91 Å². The zero-order valence-corrected chi connectivity index (χ0v) is 19.2. The number of carbonyl (C=O) groups excluding carboxylic acids is 1. The summed E-state index contributed by atoms with van der Waals surface area (Å²) in [5, 5.41) is 12.6. The lowest BCUT2D eigenvalue weighted by atomic mass is 9.79. The van der Waals surface area contributed by atoms with E-state index in [1.54, 1.807) is 12.1 Å². The molecule has 0 spiro atoms. The number of hydrogen-bond acceptors (Lipinski definition) is 6. The van der Waals surface area contributed by atoms with Gasteiger partial charge in [0.1, 0.15) is 11.7 Å². The minimum absolute atomic E-state index is 0.0191. The van der Waals surface area contributed by atoms with Crippen LogP contribution in [-0.4, -0.2) is 37.1 Å². The number of methoxy groups -OCH3 is 1. The van der Waals surface area contributed by atoms with Crippen LogP contribution >= 0.6 is 0 Å². The fourth-order valence-corrected chi connectivity index (χ4v) is 5.02. The van der Waals surface area contributed by atoms with Crippen LogP contribution in [-0.2, 0) is 12.2 Å². The van der Waals surface area contributed by atoms with Gasteiger partial charge in [-0.2, -0.15) is 5.26 Å². The highest BCUT2D eigenvalue weighted by Crippen LogP contribution is 2.47. The monoisotopic (exact) mass is 477 g/mol. The van der Waals surface area contributed by atoms with Crippen LogP contribution in [0.25, 0.3) is 11.1 Å². The molecule has 1 saturated heterocycles. The van der Waals surface area contributed by atoms with Crippen molar-refractivity contribution in [2.75, 3.05) is 25.1 Å². The highest BCUT2D eigenvalue weighted by Gasteiger charge is 2.45. The van der Waals surface area contributed by atoms with Gasteiger partial charge in [-0.05, 0) is 42.2 Å². The van der Waals surface area contributed by atoms with Gasteiger partial charge in [0.05, 0.1) is 24.4 Å². The molecule has 0 bridgehead atoms. The molecule has 1 aromatic heterocycles. The Morgan fingerprint density at radius 2 is 2.06 bits per heavy atom. The molecule has 0 radical (unpaired) electrons. The highest BCUT2D eigenvalue weighted by atomic mass is 19.1. The molecule has 3 N–H and O–H groups in total. The van der Waals surface area contributed by atoms with Gasteiger partial charge in [0.15, 0.2) is 17.2 Å². The van der Waals surface area contributed by atoms with Gasteiger partial charge in [0, 0.05) is 31.2 Å². The average molecular weight is 478 g/mol. The van der Waals surface area contributed by atoms with E-state index in [1.807, 2.05) is 11.0 Å². The van der Waals surface area contributed by atoms with Gasteiger partial charge < -0.3 is 20.7 Å². The largest absolute Gasteiger partial charge is 0.494 e. The summed E-state index contributed by atoms with van der Waals surface area (Å²) >= 11 is 0. The number of nitrogens with zero attached hydrogens (tertiary/aromatic N) is 3. The number of pyridine rings is 1. The standard InChI is InChI=1S/C26H25F2N5O2/c1-35-20-6-5-15(12-19(20)27)21-18-14-31-25(34)22(18)24(33-10-7-17(30)8-11-33)32-23(21)26(28)9-3-2-4-16(26)13-29/h2-6,9,12,16-17H,7-8,10-11,14,30H2,1H3,(H,31,34). The highest BCUT2D eigenvalue weighted by molar-refractivity contribution is 6.05. The number of hydrogen-bond donors (Lipinski definition) is 2. The zero-order valence-electron chi connectivity index (χ0n) is 19.2. The van der Waals surface area contributed by atoms with Crippen molar-refractivity contribution in [2.45, 2.75) is 31.1 Å². The summed E-state index contributed by atoms with van der Waals surface area (Å²) in [6.07, 6.45) is 7.36. The third-order valence-electron chi connectivity index (χ3n) is 6.92. The van der Waals surface area contributed by atoms with Crippen molar-refractivity contribution in [1.82, 2.24) is 10.3 Å². The van der Waals surface area contributed by atoms with E-state index < -0.39 is 17.4 Å². The third kappa shape index (κ3) is 3.74. The number of amides is 1. The summed E-state index contributed by atoms with van der Waals surface area (Å²) in [6, 6.07) is 6.38. The molecule has 3 heterocycles. The van der Waals surface area contributed by atoms with E-state index in [2.05, 4.69) is 5.32 Å².